The van der Waals surface area contributed by atoms with E-state index in [2.05, 4.69) is 165 Å². The number of benzene rings is 5. The van der Waals surface area contributed by atoms with Crippen LogP contribution < -0.4 is 18.2 Å². The van der Waals surface area contributed by atoms with Crippen molar-refractivity contribution in [2.45, 2.75) is 0 Å². The lowest BCUT2D eigenvalue weighted by atomic mass is 10.2. The van der Waals surface area contributed by atoms with Crippen LogP contribution in [-0.2, 0) is 0 Å². The third-order valence-corrected chi connectivity index (χ3v) is 10.6. The Morgan fingerprint density at radius 3 is 1.48 bits per heavy atom. The van der Waals surface area contributed by atoms with Crippen molar-refractivity contribution in [1.82, 2.24) is 0 Å². The zero-order valence-corrected chi connectivity index (χ0v) is 24.5. The average molecular weight is 567 g/mol. The second-order valence-electron chi connectivity index (χ2n) is 9.87. The summed E-state index contributed by atoms with van der Waals surface area (Å²) in [5.41, 5.74) is 8.33. The van der Waals surface area contributed by atoms with Gasteiger partial charge >= 0.3 is 0 Å². The van der Waals surface area contributed by atoms with Gasteiger partial charge in [-0.25, -0.2) is 0 Å². The van der Waals surface area contributed by atoms with Crippen molar-refractivity contribution in [2.75, 3.05) is 24.5 Å². The van der Waals surface area contributed by atoms with Gasteiger partial charge < -0.3 is 5.32 Å². The summed E-state index contributed by atoms with van der Waals surface area (Å²) in [6, 6.07) is 50.7. The quantitative estimate of drug-likeness (QED) is 0.179. The van der Waals surface area contributed by atoms with Crippen molar-refractivity contribution >= 4 is 44.7 Å². The monoisotopic (exact) mass is 566 g/mol. The summed E-state index contributed by atoms with van der Waals surface area (Å²) in [7, 11) is -2.12. The van der Waals surface area contributed by atoms with E-state index in [4.69, 9.17) is 0 Å². The summed E-state index contributed by atoms with van der Waals surface area (Å²) >= 11 is 0. The molecule has 5 aromatic rings. The van der Waals surface area contributed by atoms with E-state index < -0.39 is 10.6 Å². The first-order chi connectivity index (χ1) is 20.7. The Labute approximate surface area is 250 Å². The molecule has 0 atom stereocenters. The molecule has 0 bridgehead atoms. The van der Waals surface area contributed by atoms with Gasteiger partial charge in [0.25, 0.3) is 0 Å². The van der Waals surface area contributed by atoms with Gasteiger partial charge in [0.2, 0.25) is 0 Å². The fraction of sp³-hybridized carbons (Fsp3) is 0.0270. The van der Waals surface area contributed by atoms with Gasteiger partial charge in [-0.15, -0.1) is 0 Å². The number of hydrogen-bond donors (Lipinski definition) is 1. The molecule has 0 spiro atoms. The third kappa shape index (κ3) is 4.74. The van der Waals surface area contributed by atoms with Crippen molar-refractivity contribution in [3.05, 3.63) is 182 Å². The minimum Gasteiger partial charge on any atom is -0.354 e. The number of rotatable bonds is 9. The van der Waals surface area contributed by atoms with Crippen LogP contribution in [0.15, 0.2) is 182 Å². The molecule has 1 N–H and O–H groups in total. The third-order valence-electron chi connectivity index (χ3n) is 7.27. The number of anilines is 6. The molecular formula is C37H34N4S. The molecule has 208 valence electrons. The molecule has 0 saturated heterocycles. The fourth-order valence-corrected chi connectivity index (χ4v) is 9.17. The summed E-state index contributed by atoms with van der Waals surface area (Å²) in [6.07, 6.45) is 6.17. The summed E-state index contributed by atoms with van der Waals surface area (Å²) in [5, 5.41) is 3.63. The summed E-state index contributed by atoms with van der Waals surface area (Å²) in [5.74, 6) is 0. The van der Waals surface area contributed by atoms with Crippen LogP contribution in [0.1, 0.15) is 0 Å². The first-order valence-electron chi connectivity index (χ1n) is 13.9. The van der Waals surface area contributed by atoms with Crippen LogP contribution in [-0.4, -0.2) is 6.26 Å². The average Bonchev–Trinajstić information content (AvgIpc) is 3.32. The first kappa shape index (κ1) is 27.1. The standard InChI is InChI=1S/C37H34N4S/c1-4-34(38-30-20-10-6-11-21-30)35(5-2)39(31-22-12-7-13-23-31)42(3)40(32-24-14-8-15-25-32)36-28-18-19-29-37(36)41(42)33-26-16-9-17-27-33/h4-29,38H,1-2H2,3H3/b35-34-. The van der Waals surface area contributed by atoms with E-state index in [0.29, 0.717) is 0 Å². The zero-order chi connectivity index (χ0) is 28.9. The van der Waals surface area contributed by atoms with Crippen LogP contribution in [0.3, 0.4) is 0 Å². The molecule has 42 heavy (non-hydrogen) atoms. The smallest absolute Gasteiger partial charge is 0.0787 e. The SMILES string of the molecule is C=C/C(Nc1ccccc1)=C(\C=C)N(c1ccccc1)S1(C)N(c2ccccc2)c2ccccc2N1c1ccccc1. The maximum absolute atomic E-state index is 4.35. The van der Waals surface area contributed by atoms with E-state index in [1.54, 1.807) is 0 Å². The van der Waals surface area contributed by atoms with Crippen molar-refractivity contribution in [3.8, 4) is 0 Å². The van der Waals surface area contributed by atoms with Gasteiger partial charge in [-0.3, -0.25) is 12.9 Å². The topological polar surface area (TPSA) is 21.8 Å². The molecule has 0 unspecified atom stereocenters. The van der Waals surface area contributed by atoms with E-state index in [1.807, 2.05) is 30.4 Å². The van der Waals surface area contributed by atoms with Gasteiger partial charge in [0.05, 0.1) is 39.8 Å². The van der Waals surface area contributed by atoms with Gasteiger partial charge in [-0.05, 0) is 72.8 Å². The van der Waals surface area contributed by atoms with E-state index >= 15 is 0 Å². The Morgan fingerprint density at radius 1 is 0.595 bits per heavy atom. The number of allylic oxidation sites excluding steroid dienone is 2. The molecule has 0 amide bonds. The van der Waals surface area contributed by atoms with Gasteiger partial charge in [-0.1, -0.05) is 98.1 Å². The van der Waals surface area contributed by atoms with E-state index in [-0.39, 0.29) is 0 Å². The highest BCUT2D eigenvalue weighted by molar-refractivity contribution is 8.37. The predicted octanol–water partition coefficient (Wildman–Crippen LogP) is 10.4. The summed E-state index contributed by atoms with van der Waals surface area (Å²) < 4.78 is 7.43. The van der Waals surface area contributed by atoms with Crippen LogP contribution in [0, 0.1) is 0 Å². The van der Waals surface area contributed by atoms with Crippen LogP contribution in [0.25, 0.3) is 0 Å². The lowest BCUT2D eigenvalue weighted by Crippen LogP contribution is -2.42. The van der Waals surface area contributed by atoms with Gasteiger partial charge in [0.1, 0.15) is 0 Å². The maximum Gasteiger partial charge on any atom is 0.0787 e. The molecule has 5 aromatic carbocycles. The summed E-state index contributed by atoms with van der Waals surface area (Å²) in [6.45, 7) is 8.59. The number of nitrogens with one attached hydrogen (secondary N) is 1. The Kier molecular flexibility index (Phi) is 7.58. The highest BCUT2D eigenvalue weighted by Crippen LogP contribution is 2.72. The highest BCUT2D eigenvalue weighted by Gasteiger charge is 2.49. The van der Waals surface area contributed by atoms with Crippen molar-refractivity contribution < 1.29 is 0 Å². The second-order valence-corrected chi connectivity index (χ2v) is 12.6. The zero-order valence-electron chi connectivity index (χ0n) is 23.7. The van der Waals surface area contributed by atoms with Crippen molar-refractivity contribution in [2.24, 2.45) is 0 Å². The molecule has 1 aliphatic rings. The predicted molar refractivity (Wildman–Crippen MR) is 184 cm³/mol. The molecule has 1 aliphatic heterocycles. The molecule has 0 aliphatic carbocycles. The molecule has 6 rings (SSSR count). The molecule has 0 fully saturated rings. The molecular weight excluding hydrogens is 533 g/mol. The normalized spacial score (nSPS) is 14.8. The number of hydrogen-bond acceptors (Lipinski definition) is 4. The van der Waals surface area contributed by atoms with Crippen LogP contribution in [0.5, 0.6) is 0 Å². The number of fused-ring (bicyclic) bond motifs is 1. The first-order valence-corrected chi connectivity index (χ1v) is 15.8. The van der Waals surface area contributed by atoms with Crippen LogP contribution in [0.4, 0.5) is 34.1 Å². The van der Waals surface area contributed by atoms with Crippen LogP contribution in [0.2, 0.25) is 0 Å². The largest absolute Gasteiger partial charge is 0.354 e. The van der Waals surface area contributed by atoms with Crippen LogP contribution >= 0.6 is 10.6 Å². The molecule has 0 saturated carbocycles. The van der Waals surface area contributed by atoms with E-state index in [1.165, 1.54) is 0 Å². The van der Waals surface area contributed by atoms with E-state index in [9.17, 15) is 0 Å². The van der Waals surface area contributed by atoms with E-state index in [0.717, 1.165) is 45.5 Å². The summed E-state index contributed by atoms with van der Waals surface area (Å²) in [4.78, 5) is 0. The van der Waals surface area contributed by atoms with Gasteiger partial charge in [0.15, 0.2) is 0 Å². The highest BCUT2D eigenvalue weighted by atomic mass is 32.3. The lowest BCUT2D eigenvalue weighted by Gasteiger charge is -2.55. The van der Waals surface area contributed by atoms with Gasteiger partial charge in [-0.2, -0.15) is 0 Å². The Bertz CT molecular complexity index is 1640. The molecule has 0 aromatic heterocycles. The number of nitrogens with zero attached hydrogens (tertiary/aromatic N) is 3. The Hall–Kier alpha value is -5.13. The lowest BCUT2D eigenvalue weighted by molar-refractivity contribution is 1.24. The molecule has 4 nitrogen and oxygen atoms in total. The van der Waals surface area contributed by atoms with Gasteiger partial charge in [0, 0.05) is 22.5 Å². The van der Waals surface area contributed by atoms with Crippen molar-refractivity contribution in [1.29, 1.82) is 0 Å². The Balaban J connectivity index is 1.68. The minimum atomic E-state index is -2.12. The minimum absolute atomic E-state index is 0.866. The fourth-order valence-electron chi connectivity index (χ4n) is 5.52. The molecule has 0 radical (unpaired) electrons. The number of para-hydroxylation sites is 6. The second kappa shape index (κ2) is 11.8. The maximum atomic E-state index is 4.35. The molecule has 5 heteroatoms. The Morgan fingerprint density at radius 2 is 1.02 bits per heavy atom. The molecule has 1 heterocycles. The van der Waals surface area contributed by atoms with Crippen molar-refractivity contribution in [3.63, 3.8) is 0 Å².